The zero-order valence-electron chi connectivity index (χ0n) is 13.5. The summed E-state index contributed by atoms with van der Waals surface area (Å²) < 4.78 is 0. The number of carbonyl (C=O) groups is 1. The number of carbonyl (C=O) groups excluding carboxylic acids is 1. The van der Waals surface area contributed by atoms with Gasteiger partial charge in [0.2, 0.25) is 5.91 Å². The highest BCUT2D eigenvalue weighted by atomic mass is 35.5. The van der Waals surface area contributed by atoms with Crippen molar-refractivity contribution in [1.82, 2.24) is 9.97 Å². The van der Waals surface area contributed by atoms with Gasteiger partial charge < -0.3 is 9.88 Å². The summed E-state index contributed by atoms with van der Waals surface area (Å²) >= 11 is 6.07. The average molecular weight is 340 g/mol. The molecule has 1 saturated heterocycles. The molecule has 0 radical (unpaired) electrons. The fourth-order valence-corrected chi connectivity index (χ4v) is 3.42. The first kappa shape index (κ1) is 15.2. The van der Waals surface area contributed by atoms with Crippen LogP contribution in [0.4, 0.5) is 5.69 Å². The largest absolute Gasteiger partial charge is 0.338 e. The van der Waals surface area contributed by atoms with Crippen LogP contribution in [0.1, 0.15) is 24.8 Å². The number of aromatic nitrogens is 2. The van der Waals surface area contributed by atoms with Gasteiger partial charge in [0.1, 0.15) is 5.82 Å². The Morgan fingerprint density at radius 2 is 2.04 bits per heavy atom. The lowest BCUT2D eigenvalue weighted by Gasteiger charge is -2.28. The molecular weight excluding hydrogens is 322 g/mol. The highest BCUT2D eigenvalue weighted by molar-refractivity contribution is 6.31. The highest BCUT2D eigenvalue weighted by Gasteiger charge is 2.23. The Morgan fingerprint density at radius 1 is 1.17 bits per heavy atom. The molecule has 122 valence electrons. The second-order valence-corrected chi connectivity index (χ2v) is 6.71. The molecule has 1 fully saturated rings. The minimum atomic E-state index is 0.186. The number of piperidine rings is 1. The van der Waals surface area contributed by atoms with Gasteiger partial charge in [-0.15, -0.1) is 0 Å². The molecule has 5 heteroatoms. The lowest BCUT2D eigenvalue weighted by atomic mass is 10.0. The highest BCUT2D eigenvalue weighted by Crippen LogP contribution is 2.33. The van der Waals surface area contributed by atoms with Crippen LogP contribution in [0.5, 0.6) is 0 Å². The predicted molar refractivity (Wildman–Crippen MR) is 97.5 cm³/mol. The molecule has 0 unspecified atom stereocenters. The first-order valence-electron chi connectivity index (χ1n) is 8.18. The summed E-state index contributed by atoms with van der Waals surface area (Å²) in [7, 11) is 0. The zero-order chi connectivity index (χ0) is 16.7. The van der Waals surface area contributed by atoms with Crippen LogP contribution in [-0.2, 0) is 4.79 Å². The van der Waals surface area contributed by atoms with Gasteiger partial charge in [0.15, 0.2) is 0 Å². The maximum absolute atomic E-state index is 12.4. The summed E-state index contributed by atoms with van der Waals surface area (Å²) in [6.07, 6.45) is 2.62. The summed E-state index contributed by atoms with van der Waals surface area (Å²) in [5.74, 6) is 0.954. The van der Waals surface area contributed by atoms with E-state index in [0.717, 1.165) is 53.1 Å². The molecule has 0 spiro atoms. The zero-order valence-corrected chi connectivity index (χ0v) is 14.2. The van der Waals surface area contributed by atoms with Crippen LogP contribution in [0.2, 0.25) is 5.02 Å². The van der Waals surface area contributed by atoms with Crippen molar-refractivity contribution in [2.75, 3.05) is 11.4 Å². The van der Waals surface area contributed by atoms with Gasteiger partial charge in [-0.25, -0.2) is 4.98 Å². The second-order valence-electron chi connectivity index (χ2n) is 6.27. The van der Waals surface area contributed by atoms with E-state index in [1.165, 1.54) is 0 Å². The van der Waals surface area contributed by atoms with E-state index in [1.807, 2.05) is 42.2 Å². The molecule has 3 aromatic rings. The molecule has 1 aromatic heterocycles. The molecule has 1 N–H and O–H groups in total. The number of H-pyrrole nitrogens is 1. The molecular formula is C19H18ClN3O. The van der Waals surface area contributed by atoms with Crippen molar-refractivity contribution in [3.05, 3.63) is 47.0 Å². The molecule has 1 aliphatic rings. The maximum atomic E-state index is 12.4. The van der Waals surface area contributed by atoms with Crippen molar-refractivity contribution < 1.29 is 4.79 Å². The number of hydrogen-bond donors (Lipinski definition) is 1. The van der Waals surface area contributed by atoms with Gasteiger partial charge in [-0.05, 0) is 50.1 Å². The summed E-state index contributed by atoms with van der Waals surface area (Å²) in [6.45, 7) is 2.81. The van der Waals surface area contributed by atoms with Gasteiger partial charge in [0.25, 0.3) is 0 Å². The number of anilines is 1. The van der Waals surface area contributed by atoms with Gasteiger partial charge in [0, 0.05) is 23.6 Å². The van der Waals surface area contributed by atoms with Gasteiger partial charge >= 0.3 is 0 Å². The van der Waals surface area contributed by atoms with Crippen molar-refractivity contribution in [3.8, 4) is 11.4 Å². The van der Waals surface area contributed by atoms with E-state index < -0.39 is 0 Å². The van der Waals surface area contributed by atoms with Gasteiger partial charge in [0.05, 0.1) is 16.7 Å². The Morgan fingerprint density at radius 3 is 2.88 bits per heavy atom. The number of fused-ring (bicyclic) bond motifs is 1. The van der Waals surface area contributed by atoms with Crippen molar-refractivity contribution >= 4 is 34.2 Å². The normalized spacial score (nSPS) is 15.2. The summed E-state index contributed by atoms with van der Waals surface area (Å²) in [4.78, 5) is 22.3. The molecule has 0 atom stereocenters. The lowest BCUT2D eigenvalue weighted by Crippen LogP contribution is -2.35. The third-order valence-electron chi connectivity index (χ3n) is 4.47. The van der Waals surface area contributed by atoms with Crippen molar-refractivity contribution in [3.63, 3.8) is 0 Å². The summed E-state index contributed by atoms with van der Waals surface area (Å²) in [5, 5.41) is 0.674. The number of halogens is 1. The van der Waals surface area contributed by atoms with Crippen LogP contribution in [0, 0.1) is 6.92 Å². The molecule has 4 rings (SSSR count). The van der Waals surface area contributed by atoms with Crippen LogP contribution in [0.15, 0.2) is 36.4 Å². The molecule has 2 heterocycles. The number of nitrogens with one attached hydrogen (secondary N) is 1. The van der Waals surface area contributed by atoms with Crippen molar-refractivity contribution in [2.24, 2.45) is 0 Å². The van der Waals surface area contributed by atoms with Crippen LogP contribution in [0.25, 0.3) is 22.4 Å². The van der Waals surface area contributed by atoms with Gasteiger partial charge in [-0.3, -0.25) is 4.79 Å². The smallest absolute Gasteiger partial charge is 0.226 e. The monoisotopic (exact) mass is 339 g/mol. The molecule has 4 nitrogen and oxygen atoms in total. The van der Waals surface area contributed by atoms with E-state index >= 15 is 0 Å². The average Bonchev–Trinajstić information content (AvgIpc) is 2.98. The van der Waals surface area contributed by atoms with Crippen molar-refractivity contribution in [2.45, 2.75) is 26.2 Å². The first-order chi connectivity index (χ1) is 11.6. The topological polar surface area (TPSA) is 49.0 Å². The number of benzene rings is 2. The van der Waals surface area contributed by atoms with E-state index in [1.54, 1.807) is 0 Å². The molecule has 1 aliphatic heterocycles. The molecule has 1 amide bonds. The Kier molecular flexibility index (Phi) is 3.77. The number of imidazole rings is 1. The van der Waals surface area contributed by atoms with E-state index in [-0.39, 0.29) is 5.91 Å². The fourth-order valence-electron chi connectivity index (χ4n) is 3.24. The molecule has 2 aromatic carbocycles. The summed E-state index contributed by atoms with van der Waals surface area (Å²) in [5.41, 5.74) is 4.78. The van der Waals surface area contributed by atoms with E-state index in [9.17, 15) is 4.79 Å². The number of aryl methyl sites for hydroxylation is 1. The quantitative estimate of drug-likeness (QED) is 0.735. The van der Waals surface area contributed by atoms with E-state index in [4.69, 9.17) is 16.6 Å². The Labute approximate surface area is 145 Å². The van der Waals surface area contributed by atoms with Gasteiger partial charge in [-0.2, -0.15) is 0 Å². The van der Waals surface area contributed by atoms with Crippen LogP contribution in [-0.4, -0.2) is 22.4 Å². The van der Waals surface area contributed by atoms with E-state index in [0.29, 0.717) is 11.4 Å². The molecule has 24 heavy (non-hydrogen) atoms. The minimum absolute atomic E-state index is 0.186. The van der Waals surface area contributed by atoms with E-state index in [2.05, 4.69) is 11.1 Å². The standard InChI is InChI=1S/C19H18ClN3O/c1-12-5-8-17(23-9-3-2-4-18(23)24)14(10-12)19-21-15-7-6-13(20)11-16(15)22-19/h5-8,10-11H,2-4,9H2,1H3,(H,21,22). The Balaban J connectivity index is 1.86. The third-order valence-corrected chi connectivity index (χ3v) is 4.70. The Bertz CT molecular complexity index is 932. The third kappa shape index (κ3) is 2.67. The number of nitrogens with zero attached hydrogens (tertiary/aromatic N) is 2. The first-order valence-corrected chi connectivity index (χ1v) is 8.56. The minimum Gasteiger partial charge on any atom is -0.338 e. The lowest BCUT2D eigenvalue weighted by molar-refractivity contribution is -0.119. The molecule has 0 saturated carbocycles. The number of aromatic amines is 1. The van der Waals surface area contributed by atoms with Crippen molar-refractivity contribution in [1.29, 1.82) is 0 Å². The number of amides is 1. The van der Waals surface area contributed by atoms with Crippen LogP contribution >= 0.6 is 11.6 Å². The molecule has 0 aliphatic carbocycles. The Hall–Kier alpha value is -2.33. The predicted octanol–water partition coefficient (Wildman–Crippen LogP) is 4.71. The molecule has 0 bridgehead atoms. The van der Waals surface area contributed by atoms with Crippen LogP contribution < -0.4 is 4.90 Å². The van der Waals surface area contributed by atoms with Crippen LogP contribution in [0.3, 0.4) is 0 Å². The summed E-state index contributed by atoms with van der Waals surface area (Å²) in [6, 6.07) is 11.7. The van der Waals surface area contributed by atoms with Gasteiger partial charge in [-0.1, -0.05) is 23.2 Å². The number of hydrogen-bond acceptors (Lipinski definition) is 2. The maximum Gasteiger partial charge on any atom is 0.226 e. The SMILES string of the molecule is Cc1ccc(N2CCCCC2=O)c(-c2nc3ccc(Cl)cc3[nH]2)c1. The fraction of sp³-hybridized carbons (Fsp3) is 0.263. The second kappa shape index (κ2) is 5.95. The number of rotatable bonds is 2.